The minimum absolute atomic E-state index is 0.0317. The molecule has 3 N–H and O–H groups in total. The third kappa shape index (κ3) is 5.76. The highest BCUT2D eigenvalue weighted by Gasteiger charge is 2.16. The van der Waals surface area contributed by atoms with Crippen molar-refractivity contribution in [3.63, 3.8) is 0 Å². The van der Waals surface area contributed by atoms with Gasteiger partial charge in [-0.15, -0.1) is 11.3 Å². The molecule has 2 heterocycles. The van der Waals surface area contributed by atoms with Crippen LogP contribution in [0.3, 0.4) is 0 Å². The first-order valence-electron chi connectivity index (χ1n) is 10.1. The summed E-state index contributed by atoms with van der Waals surface area (Å²) in [6, 6.07) is 10.2. The minimum atomic E-state index is -0.778. The molecule has 30 heavy (non-hydrogen) atoms. The van der Waals surface area contributed by atoms with Gasteiger partial charge in [0.05, 0.1) is 5.39 Å². The van der Waals surface area contributed by atoms with E-state index in [4.69, 9.17) is 5.11 Å². The molecule has 8 heteroatoms. The summed E-state index contributed by atoms with van der Waals surface area (Å²) in [5, 5.41) is 15.8. The van der Waals surface area contributed by atoms with Crippen molar-refractivity contribution in [3.05, 3.63) is 41.5 Å². The number of carbonyl (C=O) groups is 2. The van der Waals surface area contributed by atoms with Gasteiger partial charge in [-0.1, -0.05) is 36.8 Å². The normalized spacial score (nSPS) is 10.8. The van der Waals surface area contributed by atoms with Gasteiger partial charge in [-0.3, -0.25) is 9.59 Å². The summed E-state index contributed by atoms with van der Waals surface area (Å²) in [7, 11) is 0. The van der Waals surface area contributed by atoms with Crippen LogP contribution in [0.2, 0.25) is 0 Å². The van der Waals surface area contributed by atoms with Crippen molar-refractivity contribution in [1.82, 2.24) is 15.3 Å². The van der Waals surface area contributed by atoms with Crippen molar-refractivity contribution >= 4 is 39.2 Å². The summed E-state index contributed by atoms with van der Waals surface area (Å²) in [5.41, 5.74) is 2.25. The Labute approximate surface area is 179 Å². The molecule has 1 aromatic carbocycles. The first-order valence-corrected chi connectivity index (χ1v) is 10.9. The van der Waals surface area contributed by atoms with E-state index in [0.29, 0.717) is 25.9 Å². The molecule has 7 nitrogen and oxygen atoms in total. The minimum Gasteiger partial charge on any atom is -0.481 e. The van der Waals surface area contributed by atoms with E-state index in [0.717, 1.165) is 40.0 Å². The topological polar surface area (TPSA) is 104 Å². The van der Waals surface area contributed by atoms with Crippen molar-refractivity contribution < 1.29 is 14.7 Å². The fourth-order valence-electron chi connectivity index (χ4n) is 3.32. The molecule has 0 aliphatic rings. The van der Waals surface area contributed by atoms with Crippen molar-refractivity contribution in [3.8, 4) is 11.1 Å². The fraction of sp³-hybridized carbons (Fsp3) is 0.364. The maximum atomic E-state index is 12.1. The highest BCUT2D eigenvalue weighted by Crippen LogP contribution is 2.40. The third-order valence-corrected chi connectivity index (χ3v) is 5.77. The summed E-state index contributed by atoms with van der Waals surface area (Å²) >= 11 is 1.64. The maximum absolute atomic E-state index is 12.1. The molecule has 3 aromatic rings. The molecular weight excluding hydrogens is 400 g/mol. The van der Waals surface area contributed by atoms with Crippen molar-refractivity contribution in [2.24, 2.45) is 0 Å². The molecule has 0 atom stereocenters. The lowest BCUT2D eigenvalue weighted by atomic mass is 10.0. The molecule has 0 unspecified atom stereocenters. The van der Waals surface area contributed by atoms with Crippen molar-refractivity contribution in [2.45, 2.75) is 39.0 Å². The molecule has 0 bridgehead atoms. The number of nitrogens with one attached hydrogen (secondary N) is 2. The van der Waals surface area contributed by atoms with Crippen LogP contribution < -0.4 is 10.6 Å². The molecule has 0 saturated heterocycles. The number of thiophene rings is 1. The highest BCUT2D eigenvalue weighted by molar-refractivity contribution is 7.19. The van der Waals surface area contributed by atoms with Gasteiger partial charge >= 0.3 is 5.97 Å². The number of hydrogen-bond acceptors (Lipinski definition) is 6. The molecule has 158 valence electrons. The molecule has 0 radical (unpaired) electrons. The van der Waals surface area contributed by atoms with Crippen molar-refractivity contribution in [1.29, 1.82) is 0 Å². The molecule has 0 spiro atoms. The van der Waals surface area contributed by atoms with E-state index in [1.54, 1.807) is 17.7 Å². The summed E-state index contributed by atoms with van der Waals surface area (Å²) in [6.45, 7) is 3.13. The van der Waals surface area contributed by atoms with E-state index in [1.807, 2.05) is 18.2 Å². The predicted molar refractivity (Wildman–Crippen MR) is 120 cm³/mol. The highest BCUT2D eigenvalue weighted by atomic mass is 32.1. The van der Waals surface area contributed by atoms with Crippen LogP contribution in [0, 0.1) is 6.92 Å². The molecule has 2 aromatic heterocycles. The van der Waals surface area contributed by atoms with Gasteiger partial charge < -0.3 is 15.7 Å². The Morgan fingerprint density at radius 3 is 2.60 bits per heavy atom. The Kier molecular flexibility index (Phi) is 7.73. The summed E-state index contributed by atoms with van der Waals surface area (Å²) in [5.74, 6) is -0.0688. The van der Waals surface area contributed by atoms with Crippen LogP contribution in [-0.4, -0.2) is 40.0 Å². The number of hydrogen-bond donors (Lipinski definition) is 3. The van der Waals surface area contributed by atoms with Gasteiger partial charge in [-0.2, -0.15) is 0 Å². The number of aromatic nitrogens is 2. The zero-order valence-electron chi connectivity index (χ0n) is 17.0. The van der Waals surface area contributed by atoms with E-state index in [9.17, 15) is 9.59 Å². The van der Waals surface area contributed by atoms with Gasteiger partial charge in [-0.05, 0) is 25.3 Å². The van der Waals surface area contributed by atoms with Crippen LogP contribution in [0.4, 0.5) is 5.82 Å². The average molecular weight is 427 g/mol. The summed E-state index contributed by atoms with van der Waals surface area (Å²) < 4.78 is 0. The number of aryl methyl sites for hydroxylation is 1. The smallest absolute Gasteiger partial charge is 0.303 e. The number of rotatable bonds is 11. The Hall–Kier alpha value is -3.00. The standard InChI is InChI=1S/C22H26N4O3S/c1-15-19(16-8-4-2-5-9-16)20-21(25-14-26-22(20)30-15)24-13-11-17(27)23-12-7-3-6-10-18(28)29/h2,4-5,8-9,14H,3,6-7,10-13H2,1H3,(H,23,27)(H,28,29)(H,24,25,26). The predicted octanol–water partition coefficient (Wildman–Crippen LogP) is 4.23. The zero-order valence-corrected chi connectivity index (χ0v) is 17.8. The average Bonchev–Trinajstić information content (AvgIpc) is 3.07. The first-order chi connectivity index (χ1) is 14.6. The number of aliphatic carboxylic acids is 1. The van der Waals surface area contributed by atoms with E-state index in [2.05, 4.69) is 39.7 Å². The quantitative estimate of drug-likeness (QED) is 0.396. The van der Waals surface area contributed by atoms with Gasteiger partial charge in [0.25, 0.3) is 0 Å². The van der Waals surface area contributed by atoms with Crippen molar-refractivity contribution in [2.75, 3.05) is 18.4 Å². The first kappa shape index (κ1) is 21.7. The van der Waals surface area contributed by atoms with Gasteiger partial charge in [0, 0.05) is 36.4 Å². The van der Waals surface area contributed by atoms with Crippen LogP contribution in [-0.2, 0) is 9.59 Å². The van der Waals surface area contributed by atoms with Crippen LogP contribution in [0.5, 0.6) is 0 Å². The number of benzene rings is 1. The van der Waals surface area contributed by atoms with Crippen LogP contribution >= 0.6 is 11.3 Å². The Bertz CT molecular complexity index is 1000. The molecule has 0 aliphatic heterocycles. The monoisotopic (exact) mass is 426 g/mol. The number of nitrogens with zero attached hydrogens (tertiary/aromatic N) is 2. The molecule has 3 rings (SSSR count). The second kappa shape index (κ2) is 10.7. The van der Waals surface area contributed by atoms with Gasteiger partial charge in [0.2, 0.25) is 5.91 Å². The van der Waals surface area contributed by atoms with Gasteiger partial charge in [0.1, 0.15) is 17.0 Å². The number of fused-ring (bicyclic) bond motifs is 1. The molecular formula is C22H26N4O3S. The Morgan fingerprint density at radius 2 is 1.83 bits per heavy atom. The lowest BCUT2D eigenvalue weighted by Crippen LogP contribution is -2.26. The number of amides is 1. The lowest BCUT2D eigenvalue weighted by Gasteiger charge is -2.09. The molecule has 0 aliphatic carbocycles. The molecule has 0 fully saturated rings. The van der Waals surface area contributed by atoms with Crippen LogP contribution in [0.15, 0.2) is 36.7 Å². The fourth-order valence-corrected chi connectivity index (χ4v) is 4.33. The number of unbranched alkanes of at least 4 members (excludes halogenated alkanes) is 2. The van der Waals surface area contributed by atoms with Gasteiger partial charge in [0.15, 0.2) is 0 Å². The summed E-state index contributed by atoms with van der Waals surface area (Å²) in [6.07, 6.45) is 4.28. The van der Waals surface area contributed by atoms with Crippen LogP contribution in [0.25, 0.3) is 21.3 Å². The molecule has 1 amide bonds. The summed E-state index contributed by atoms with van der Waals surface area (Å²) in [4.78, 5) is 33.5. The van der Waals surface area contributed by atoms with E-state index >= 15 is 0 Å². The zero-order chi connectivity index (χ0) is 21.3. The number of carboxylic acid groups (broad SMARTS) is 1. The second-order valence-corrected chi connectivity index (χ2v) is 8.24. The second-order valence-electron chi connectivity index (χ2n) is 7.03. The lowest BCUT2D eigenvalue weighted by molar-refractivity contribution is -0.137. The van der Waals surface area contributed by atoms with Crippen LogP contribution in [0.1, 0.15) is 37.0 Å². The maximum Gasteiger partial charge on any atom is 0.303 e. The number of carboxylic acids is 1. The van der Waals surface area contributed by atoms with E-state index in [1.165, 1.54) is 4.88 Å². The van der Waals surface area contributed by atoms with E-state index < -0.39 is 5.97 Å². The largest absolute Gasteiger partial charge is 0.481 e. The third-order valence-electron chi connectivity index (χ3n) is 4.76. The molecule has 0 saturated carbocycles. The Balaban J connectivity index is 1.55. The van der Waals surface area contributed by atoms with Gasteiger partial charge in [-0.25, -0.2) is 9.97 Å². The number of anilines is 1. The van der Waals surface area contributed by atoms with E-state index in [-0.39, 0.29) is 12.3 Å². The SMILES string of the molecule is Cc1sc2ncnc(NCCC(=O)NCCCCCC(=O)O)c2c1-c1ccccc1. The number of carbonyl (C=O) groups excluding carboxylic acids is 1. The Morgan fingerprint density at radius 1 is 1.03 bits per heavy atom.